The molecule has 1 N–H and O–H groups in total. The molecule has 21 heavy (non-hydrogen) atoms. The summed E-state index contributed by atoms with van der Waals surface area (Å²) in [5, 5.41) is 8.87. The highest BCUT2D eigenvalue weighted by atomic mass is 16.4. The van der Waals surface area contributed by atoms with Crippen molar-refractivity contribution in [1.82, 2.24) is 9.80 Å². The van der Waals surface area contributed by atoms with Gasteiger partial charge >= 0.3 is 5.97 Å². The fraction of sp³-hybridized carbons (Fsp3) is 0.588. The smallest absolute Gasteiger partial charge is 0.317 e. The average Bonchev–Trinajstić information content (AvgIpc) is 2.85. The molecule has 4 heteroatoms. The molecule has 1 fully saturated rings. The molecule has 0 aliphatic carbocycles. The molecular formula is C17H26N2O2. The molecule has 0 radical (unpaired) electrons. The summed E-state index contributed by atoms with van der Waals surface area (Å²) in [6.07, 6.45) is 1.10. The summed E-state index contributed by atoms with van der Waals surface area (Å²) in [7, 11) is 0. The van der Waals surface area contributed by atoms with E-state index in [4.69, 9.17) is 5.11 Å². The fourth-order valence-electron chi connectivity index (χ4n) is 3.00. The van der Waals surface area contributed by atoms with Crippen LogP contribution >= 0.6 is 0 Å². The number of rotatable bonds is 7. The number of aliphatic carboxylic acids is 1. The maximum absolute atomic E-state index is 10.8. The Labute approximate surface area is 127 Å². The highest BCUT2D eigenvalue weighted by molar-refractivity contribution is 5.69. The van der Waals surface area contributed by atoms with Crippen molar-refractivity contribution in [1.29, 1.82) is 0 Å². The molecule has 2 rings (SSSR count). The quantitative estimate of drug-likeness (QED) is 0.837. The van der Waals surface area contributed by atoms with E-state index in [9.17, 15) is 4.79 Å². The first-order valence-electron chi connectivity index (χ1n) is 7.76. The Kier molecular flexibility index (Phi) is 5.76. The van der Waals surface area contributed by atoms with E-state index in [1.807, 2.05) is 11.0 Å². The summed E-state index contributed by atoms with van der Waals surface area (Å²) in [6, 6.07) is 11.0. The molecule has 1 unspecified atom stereocenters. The number of hydrogen-bond acceptors (Lipinski definition) is 3. The van der Waals surface area contributed by atoms with E-state index in [0.717, 1.165) is 32.6 Å². The van der Waals surface area contributed by atoms with Crippen LogP contribution in [0.2, 0.25) is 0 Å². The van der Waals surface area contributed by atoms with Crippen molar-refractivity contribution in [2.45, 2.75) is 32.9 Å². The lowest BCUT2D eigenvalue weighted by molar-refractivity contribution is -0.138. The summed E-state index contributed by atoms with van der Waals surface area (Å²) in [4.78, 5) is 15.3. The lowest BCUT2D eigenvalue weighted by Crippen LogP contribution is -2.36. The maximum Gasteiger partial charge on any atom is 0.317 e. The zero-order chi connectivity index (χ0) is 15.2. The fourth-order valence-corrected chi connectivity index (χ4v) is 3.00. The highest BCUT2D eigenvalue weighted by Gasteiger charge is 2.26. The third-order valence-corrected chi connectivity index (χ3v) is 4.18. The number of carbonyl (C=O) groups is 1. The number of likely N-dealkylation sites (tertiary alicyclic amines) is 1. The molecule has 1 aromatic carbocycles. The number of carboxylic acids is 1. The zero-order valence-electron chi connectivity index (χ0n) is 13.0. The lowest BCUT2D eigenvalue weighted by Gasteiger charge is -2.29. The Balaban J connectivity index is 1.87. The molecule has 0 bridgehead atoms. The van der Waals surface area contributed by atoms with E-state index in [1.54, 1.807) is 0 Å². The third-order valence-electron chi connectivity index (χ3n) is 4.18. The van der Waals surface area contributed by atoms with E-state index in [1.165, 1.54) is 5.56 Å². The molecule has 1 aliphatic rings. The van der Waals surface area contributed by atoms with E-state index >= 15 is 0 Å². The number of nitrogens with zero attached hydrogens (tertiary/aromatic N) is 2. The predicted molar refractivity (Wildman–Crippen MR) is 84.2 cm³/mol. The lowest BCUT2D eigenvalue weighted by atomic mass is 10.1. The highest BCUT2D eigenvalue weighted by Crippen LogP contribution is 2.19. The van der Waals surface area contributed by atoms with Crippen LogP contribution in [-0.2, 0) is 11.3 Å². The Morgan fingerprint density at radius 2 is 2.10 bits per heavy atom. The molecule has 0 aromatic heterocycles. The summed E-state index contributed by atoms with van der Waals surface area (Å²) >= 11 is 0. The first-order valence-corrected chi connectivity index (χ1v) is 7.76. The summed E-state index contributed by atoms with van der Waals surface area (Å²) in [5.74, 6) is -0.142. The van der Waals surface area contributed by atoms with Gasteiger partial charge in [0.1, 0.15) is 0 Å². The Morgan fingerprint density at radius 1 is 1.38 bits per heavy atom. The normalized spacial score (nSPS) is 19.5. The van der Waals surface area contributed by atoms with Crippen molar-refractivity contribution < 1.29 is 9.90 Å². The first kappa shape index (κ1) is 16.0. The van der Waals surface area contributed by atoms with Crippen LogP contribution in [0.5, 0.6) is 0 Å². The minimum absolute atomic E-state index is 0.177. The van der Waals surface area contributed by atoms with Crippen molar-refractivity contribution in [3.05, 3.63) is 35.9 Å². The van der Waals surface area contributed by atoms with Crippen molar-refractivity contribution in [2.75, 3.05) is 26.2 Å². The van der Waals surface area contributed by atoms with E-state index in [0.29, 0.717) is 12.0 Å². The monoisotopic (exact) mass is 290 g/mol. The Morgan fingerprint density at radius 3 is 2.71 bits per heavy atom. The Hall–Kier alpha value is -1.39. The minimum atomic E-state index is -0.722. The van der Waals surface area contributed by atoms with Crippen molar-refractivity contribution in [2.24, 2.45) is 5.92 Å². The van der Waals surface area contributed by atoms with Gasteiger partial charge in [-0.15, -0.1) is 0 Å². The molecule has 116 valence electrons. The van der Waals surface area contributed by atoms with Crippen LogP contribution in [0.3, 0.4) is 0 Å². The molecule has 1 heterocycles. The van der Waals surface area contributed by atoms with Crippen LogP contribution in [-0.4, -0.2) is 53.1 Å². The number of hydrogen-bond donors (Lipinski definition) is 1. The van der Waals surface area contributed by atoms with Crippen molar-refractivity contribution in [3.8, 4) is 0 Å². The van der Waals surface area contributed by atoms with Crippen LogP contribution in [0.15, 0.2) is 30.3 Å². The van der Waals surface area contributed by atoms with Crippen LogP contribution in [0.4, 0.5) is 0 Å². The summed E-state index contributed by atoms with van der Waals surface area (Å²) in [5.41, 5.74) is 1.34. The van der Waals surface area contributed by atoms with Crippen molar-refractivity contribution >= 4 is 5.97 Å². The largest absolute Gasteiger partial charge is 0.480 e. The first-order chi connectivity index (χ1) is 10.0. The molecule has 0 saturated carbocycles. The van der Waals surface area contributed by atoms with Crippen molar-refractivity contribution in [3.63, 3.8) is 0 Å². The zero-order valence-corrected chi connectivity index (χ0v) is 13.0. The predicted octanol–water partition coefficient (Wildman–Crippen LogP) is 2.30. The van der Waals surface area contributed by atoms with Gasteiger partial charge in [0.2, 0.25) is 0 Å². The maximum atomic E-state index is 10.8. The van der Waals surface area contributed by atoms with Gasteiger partial charge in [-0.05, 0) is 38.3 Å². The van der Waals surface area contributed by atoms with Gasteiger partial charge in [-0.1, -0.05) is 30.3 Å². The number of carboxylic acid groups (broad SMARTS) is 1. The summed E-state index contributed by atoms with van der Waals surface area (Å²) < 4.78 is 0. The average molecular weight is 290 g/mol. The van der Waals surface area contributed by atoms with E-state index < -0.39 is 5.97 Å². The molecule has 1 aromatic rings. The summed E-state index contributed by atoms with van der Waals surface area (Å²) in [6.45, 7) is 8.46. The van der Waals surface area contributed by atoms with Gasteiger partial charge in [0.15, 0.2) is 0 Å². The van der Waals surface area contributed by atoms with Gasteiger partial charge in [0, 0.05) is 25.7 Å². The van der Waals surface area contributed by atoms with Crippen LogP contribution in [0.25, 0.3) is 0 Å². The van der Waals surface area contributed by atoms with Gasteiger partial charge in [-0.25, -0.2) is 0 Å². The van der Waals surface area contributed by atoms with Gasteiger partial charge in [0.25, 0.3) is 0 Å². The number of benzene rings is 1. The molecular weight excluding hydrogens is 264 g/mol. The van der Waals surface area contributed by atoms with Crippen LogP contribution in [0, 0.1) is 5.92 Å². The second-order valence-electron chi connectivity index (χ2n) is 6.29. The molecule has 4 nitrogen and oxygen atoms in total. The standard InChI is InChI=1S/C17H26N2O2/c1-14(2)19(11-15-6-4-3-5-7-15)12-16-8-9-18(10-16)13-17(20)21/h3-7,14,16H,8-13H2,1-2H3,(H,20,21). The SMILES string of the molecule is CC(C)N(Cc1ccccc1)CC1CCN(CC(=O)O)C1. The van der Waals surface area contributed by atoms with Crippen LogP contribution in [0.1, 0.15) is 25.8 Å². The van der Waals surface area contributed by atoms with E-state index in [2.05, 4.69) is 43.0 Å². The minimum Gasteiger partial charge on any atom is -0.480 e. The van der Waals surface area contributed by atoms with Crippen LogP contribution < -0.4 is 0 Å². The Bertz CT molecular complexity index is 447. The second-order valence-corrected chi connectivity index (χ2v) is 6.29. The topological polar surface area (TPSA) is 43.8 Å². The third kappa shape index (κ3) is 5.14. The van der Waals surface area contributed by atoms with Gasteiger partial charge in [0.05, 0.1) is 6.54 Å². The molecule has 0 spiro atoms. The second kappa shape index (κ2) is 7.57. The van der Waals surface area contributed by atoms with E-state index in [-0.39, 0.29) is 6.54 Å². The van der Waals surface area contributed by atoms with Gasteiger partial charge < -0.3 is 5.11 Å². The molecule has 1 saturated heterocycles. The van der Waals surface area contributed by atoms with Gasteiger partial charge in [-0.3, -0.25) is 14.6 Å². The molecule has 0 amide bonds. The molecule has 1 aliphatic heterocycles. The van der Waals surface area contributed by atoms with Gasteiger partial charge in [-0.2, -0.15) is 0 Å². The molecule has 1 atom stereocenters.